The third kappa shape index (κ3) is 33.3. The van der Waals surface area contributed by atoms with Gasteiger partial charge in [0.25, 0.3) is 0 Å². The molecule has 0 aliphatic rings. The molecule has 0 aromatic rings. The minimum absolute atomic E-state index is 0.158. The number of unbranched alkanes of at least 4 members (excludes halogenated alkanes) is 26. The first-order chi connectivity index (χ1) is 23.6. The van der Waals surface area contributed by atoms with Crippen LogP contribution in [0.25, 0.3) is 0 Å². The number of allylic oxidation sites excluding steroid dienone is 4. The topological polar surface area (TPSA) is 89.8 Å². The maximum Gasteiger partial charge on any atom is 0.220 e. The summed E-state index contributed by atoms with van der Waals surface area (Å²) in [5, 5.41) is 33.4. The van der Waals surface area contributed by atoms with Gasteiger partial charge in [0.1, 0.15) is 6.10 Å². The van der Waals surface area contributed by atoms with Crippen LogP contribution in [-0.2, 0) is 4.79 Å². The van der Waals surface area contributed by atoms with E-state index in [0.29, 0.717) is 12.8 Å². The molecule has 0 aliphatic carbocycles. The summed E-state index contributed by atoms with van der Waals surface area (Å²) >= 11 is 0. The normalized spacial score (nSPS) is 13.9. The van der Waals surface area contributed by atoms with Crippen molar-refractivity contribution in [3.63, 3.8) is 0 Å². The van der Waals surface area contributed by atoms with Gasteiger partial charge in [-0.15, -0.1) is 0 Å². The minimum atomic E-state index is -1.16. The van der Waals surface area contributed by atoms with Crippen LogP contribution in [0.15, 0.2) is 24.3 Å². The molecule has 1 amide bonds. The van der Waals surface area contributed by atoms with Gasteiger partial charge in [0.2, 0.25) is 5.91 Å². The number of nitrogens with one attached hydrogen (secondary N) is 1. The number of amides is 1. The Hall–Kier alpha value is -1.17. The van der Waals surface area contributed by atoms with Crippen molar-refractivity contribution in [2.75, 3.05) is 6.61 Å². The van der Waals surface area contributed by atoms with Crippen molar-refractivity contribution in [2.45, 2.75) is 238 Å². The van der Waals surface area contributed by atoms with E-state index in [0.717, 1.165) is 38.5 Å². The molecule has 284 valence electrons. The Kier molecular flexibility index (Phi) is 37.7. The molecule has 0 heterocycles. The highest BCUT2D eigenvalue weighted by Gasteiger charge is 2.26. The van der Waals surface area contributed by atoms with Gasteiger partial charge in [0.15, 0.2) is 0 Å². The number of carbonyl (C=O) groups is 1. The molecule has 4 N–H and O–H groups in total. The van der Waals surface area contributed by atoms with Crippen LogP contribution in [0.4, 0.5) is 0 Å². The molecule has 0 aromatic carbocycles. The fourth-order valence-electron chi connectivity index (χ4n) is 6.45. The first kappa shape index (κ1) is 46.8. The largest absolute Gasteiger partial charge is 0.394 e. The first-order valence-corrected chi connectivity index (χ1v) is 21.1. The molecule has 5 heteroatoms. The zero-order valence-corrected chi connectivity index (χ0v) is 32.1. The zero-order chi connectivity index (χ0) is 35.2. The fraction of sp³-hybridized carbons (Fsp3) is 0.884. The van der Waals surface area contributed by atoms with E-state index in [9.17, 15) is 20.1 Å². The third-order valence-corrected chi connectivity index (χ3v) is 9.78. The number of aliphatic hydroxyl groups is 3. The number of rotatable bonds is 38. The van der Waals surface area contributed by atoms with E-state index in [4.69, 9.17) is 0 Å². The lowest BCUT2D eigenvalue weighted by atomic mass is 10.0. The van der Waals surface area contributed by atoms with Crippen molar-refractivity contribution in [1.29, 1.82) is 0 Å². The first-order valence-electron chi connectivity index (χ1n) is 21.1. The molecular formula is C43H83NO4. The van der Waals surface area contributed by atoms with Gasteiger partial charge >= 0.3 is 0 Å². The van der Waals surface area contributed by atoms with Gasteiger partial charge in [-0.3, -0.25) is 4.79 Å². The van der Waals surface area contributed by atoms with Crippen LogP contribution in [0.5, 0.6) is 0 Å². The van der Waals surface area contributed by atoms with E-state index in [1.54, 1.807) is 0 Å². The SMILES string of the molecule is CCCCCCCCCC/C=C\CCCCCCCCCC(=O)NC(CO)C(O)C(O)CCC/C=C/CCCCCCCCCCCC. The van der Waals surface area contributed by atoms with Crippen molar-refractivity contribution in [3.05, 3.63) is 24.3 Å². The molecule has 0 aromatic heterocycles. The van der Waals surface area contributed by atoms with Gasteiger partial charge in [-0.1, -0.05) is 173 Å². The van der Waals surface area contributed by atoms with Crippen LogP contribution >= 0.6 is 0 Å². The highest BCUT2D eigenvalue weighted by molar-refractivity contribution is 5.76. The monoisotopic (exact) mass is 678 g/mol. The second-order valence-corrected chi connectivity index (χ2v) is 14.5. The van der Waals surface area contributed by atoms with Gasteiger partial charge in [-0.25, -0.2) is 0 Å². The summed E-state index contributed by atoms with van der Waals surface area (Å²) in [6.45, 7) is 4.16. The Morgan fingerprint density at radius 1 is 0.500 bits per heavy atom. The molecule has 0 radical (unpaired) electrons. The van der Waals surface area contributed by atoms with E-state index in [1.165, 1.54) is 154 Å². The third-order valence-electron chi connectivity index (χ3n) is 9.78. The Morgan fingerprint density at radius 3 is 1.21 bits per heavy atom. The van der Waals surface area contributed by atoms with Crippen molar-refractivity contribution in [3.8, 4) is 0 Å². The second kappa shape index (κ2) is 38.6. The number of hydrogen-bond donors (Lipinski definition) is 4. The standard InChI is InChI=1S/C43H83NO4/c1-3-5-7-9-11-13-15-17-19-20-21-22-24-26-28-30-32-34-36-38-42(47)44-40(39-45)43(48)41(46)37-35-33-31-29-27-25-23-18-16-14-12-10-8-6-4-2/h20-21,29,31,40-41,43,45-46,48H,3-19,22-28,30,32-39H2,1-2H3,(H,44,47)/b21-20-,31-29+. The lowest BCUT2D eigenvalue weighted by molar-refractivity contribution is -0.124. The zero-order valence-electron chi connectivity index (χ0n) is 32.1. The van der Waals surface area contributed by atoms with Gasteiger partial charge in [-0.05, 0) is 64.2 Å². The molecule has 0 fully saturated rings. The van der Waals surface area contributed by atoms with Crippen LogP contribution in [0.2, 0.25) is 0 Å². The number of carbonyl (C=O) groups excluding carboxylic acids is 1. The maximum atomic E-state index is 12.4. The molecule has 0 aliphatic heterocycles. The highest BCUT2D eigenvalue weighted by Crippen LogP contribution is 2.15. The Morgan fingerprint density at radius 2 is 0.833 bits per heavy atom. The summed E-state index contributed by atoms with van der Waals surface area (Å²) in [5.74, 6) is -0.158. The summed E-state index contributed by atoms with van der Waals surface area (Å²) in [5.41, 5.74) is 0. The Bertz CT molecular complexity index is 709. The molecular weight excluding hydrogens is 594 g/mol. The molecule has 5 nitrogen and oxygen atoms in total. The smallest absolute Gasteiger partial charge is 0.220 e. The van der Waals surface area contributed by atoms with Crippen molar-refractivity contribution in [1.82, 2.24) is 5.32 Å². The molecule has 48 heavy (non-hydrogen) atoms. The number of hydrogen-bond acceptors (Lipinski definition) is 4. The average Bonchev–Trinajstić information content (AvgIpc) is 3.09. The molecule has 0 bridgehead atoms. The molecule has 0 saturated carbocycles. The van der Waals surface area contributed by atoms with Gasteiger partial charge in [0.05, 0.1) is 18.8 Å². The van der Waals surface area contributed by atoms with Gasteiger partial charge in [0, 0.05) is 6.42 Å². The van der Waals surface area contributed by atoms with Crippen LogP contribution in [-0.4, -0.2) is 46.1 Å². The van der Waals surface area contributed by atoms with Crippen molar-refractivity contribution >= 4 is 5.91 Å². The molecule has 0 saturated heterocycles. The van der Waals surface area contributed by atoms with Crippen molar-refractivity contribution < 1.29 is 20.1 Å². The summed E-state index contributed by atoms with van der Waals surface area (Å²) in [6.07, 6.45) is 45.6. The summed E-state index contributed by atoms with van der Waals surface area (Å²) in [7, 11) is 0. The van der Waals surface area contributed by atoms with E-state index >= 15 is 0 Å². The predicted octanol–water partition coefficient (Wildman–Crippen LogP) is 11.8. The second-order valence-electron chi connectivity index (χ2n) is 14.5. The highest BCUT2D eigenvalue weighted by atomic mass is 16.3. The summed E-state index contributed by atoms with van der Waals surface area (Å²) in [4.78, 5) is 12.4. The molecule has 0 spiro atoms. The van der Waals surface area contributed by atoms with Crippen LogP contribution in [0.1, 0.15) is 219 Å². The van der Waals surface area contributed by atoms with E-state index in [1.807, 2.05) is 0 Å². The lowest BCUT2D eigenvalue weighted by Crippen LogP contribution is -2.50. The molecule has 3 atom stereocenters. The summed E-state index contributed by atoms with van der Waals surface area (Å²) in [6, 6.07) is -0.825. The van der Waals surface area contributed by atoms with Crippen LogP contribution < -0.4 is 5.32 Å². The minimum Gasteiger partial charge on any atom is -0.394 e. The van der Waals surface area contributed by atoms with E-state index in [2.05, 4.69) is 43.5 Å². The molecule has 3 unspecified atom stereocenters. The molecule has 0 rings (SSSR count). The van der Waals surface area contributed by atoms with Crippen LogP contribution in [0.3, 0.4) is 0 Å². The van der Waals surface area contributed by atoms with Gasteiger partial charge in [-0.2, -0.15) is 0 Å². The lowest BCUT2D eigenvalue weighted by Gasteiger charge is -2.26. The van der Waals surface area contributed by atoms with E-state index < -0.39 is 18.2 Å². The number of aliphatic hydroxyl groups excluding tert-OH is 3. The predicted molar refractivity (Wildman–Crippen MR) is 208 cm³/mol. The Balaban J connectivity index is 3.68. The quantitative estimate of drug-likeness (QED) is 0.0387. The Labute approximate surface area is 299 Å². The average molecular weight is 678 g/mol. The fourth-order valence-corrected chi connectivity index (χ4v) is 6.45. The van der Waals surface area contributed by atoms with Crippen molar-refractivity contribution in [2.24, 2.45) is 0 Å². The van der Waals surface area contributed by atoms with Crippen LogP contribution in [0, 0.1) is 0 Å². The summed E-state index contributed by atoms with van der Waals surface area (Å²) < 4.78 is 0. The maximum absolute atomic E-state index is 12.4. The van der Waals surface area contributed by atoms with Gasteiger partial charge < -0.3 is 20.6 Å². The van der Waals surface area contributed by atoms with E-state index in [-0.39, 0.29) is 12.5 Å².